The smallest absolute Gasteiger partial charge is 0.227 e. The van der Waals surface area contributed by atoms with E-state index in [0.717, 1.165) is 12.0 Å². The van der Waals surface area contributed by atoms with Crippen molar-refractivity contribution in [2.75, 3.05) is 6.54 Å². The number of rotatable bonds is 4. The molecule has 4 heteroatoms. The summed E-state index contributed by atoms with van der Waals surface area (Å²) in [5.74, 6) is -0.0549. The second-order valence-corrected chi connectivity index (χ2v) is 3.35. The van der Waals surface area contributed by atoms with Crippen molar-refractivity contribution in [2.45, 2.75) is 19.9 Å². The van der Waals surface area contributed by atoms with Crippen LogP contribution in [0.4, 0.5) is 4.48 Å². The Hall–Kier alpha value is -1.58. The minimum Gasteiger partial charge on any atom is -0.368 e. The lowest BCUT2D eigenvalue weighted by Crippen LogP contribution is -2.36. The molecule has 0 aliphatic carbocycles. The second-order valence-electron chi connectivity index (χ2n) is 3.35. The molecule has 0 atom stereocenters. The summed E-state index contributed by atoms with van der Waals surface area (Å²) in [6.45, 7) is 3.31. The first-order valence-corrected chi connectivity index (χ1v) is 5.01. The Morgan fingerprint density at radius 1 is 1.40 bits per heavy atom. The van der Waals surface area contributed by atoms with Gasteiger partial charge in [0.2, 0.25) is 5.96 Å². The van der Waals surface area contributed by atoms with Gasteiger partial charge < -0.3 is 10.6 Å². The molecule has 0 unspecified atom stereocenters. The number of hydrogen-bond donors (Lipinski definition) is 1. The van der Waals surface area contributed by atoms with Gasteiger partial charge in [0, 0.05) is 13.1 Å². The maximum absolute atomic E-state index is 12.1. The molecule has 0 saturated carbocycles. The van der Waals surface area contributed by atoms with Crippen molar-refractivity contribution >= 4 is 5.96 Å². The van der Waals surface area contributed by atoms with Crippen molar-refractivity contribution in [2.24, 2.45) is 10.9 Å². The Balaban J connectivity index is 2.67. The van der Waals surface area contributed by atoms with E-state index in [4.69, 9.17) is 5.73 Å². The van der Waals surface area contributed by atoms with Crippen LogP contribution in [-0.2, 0) is 6.54 Å². The Morgan fingerprint density at radius 3 is 2.60 bits per heavy atom. The Kier molecular flexibility index (Phi) is 4.60. The summed E-state index contributed by atoms with van der Waals surface area (Å²) in [6.07, 6.45) is 0.906. The van der Waals surface area contributed by atoms with Crippen molar-refractivity contribution in [3.05, 3.63) is 35.9 Å². The van der Waals surface area contributed by atoms with Gasteiger partial charge in [-0.3, -0.25) is 0 Å². The van der Waals surface area contributed by atoms with E-state index < -0.39 is 0 Å². The van der Waals surface area contributed by atoms with Gasteiger partial charge in [-0.15, -0.1) is 0 Å². The zero-order valence-corrected chi connectivity index (χ0v) is 8.86. The van der Waals surface area contributed by atoms with Gasteiger partial charge in [0.1, 0.15) is 0 Å². The molecule has 1 aromatic rings. The lowest BCUT2D eigenvalue weighted by molar-refractivity contribution is 0.388. The molecular formula is C11H16FN3. The number of nitrogens with zero attached hydrogens (tertiary/aromatic N) is 2. The minimum absolute atomic E-state index is 0.0549. The largest absolute Gasteiger partial charge is 0.368 e. The van der Waals surface area contributed by atoms with E-state index in [1.54, 1.807) is 4.90 Å². The van der Waals surface area contributed by atoms with Gasteiger partial charge in [-0.05, 0) is 12.0 Å². The SMILES string of the molecule is CCCN(Cc1ccccc1)C(N)=NF. The third kappa shape index (κ3) is 3.58. The fraction of sp³-hybridized carbons (Fsp3) is 0.364. The molecule has 0 aromatic heterocycles. The number of benzene rings is 1. The Labute approximate surface area is 89.4 Å². The summed E-state index contributed by atoms with van der Waals surface area (Å²) in [7, 11) is 0. The van der Waals surface area contributed by atoms with E-state index in [9.17, 15) is 4.48 Å². The highest BCUT2D eigenvalue weighted by molar-refractivity contribution is 5.77. The highest BCUT2D eigenvalue weighted by Crippen LogP contribution is 2.04. The normalized spacial score (nSPS) is 11.5. The molecule has 1 rings (SSSR count). The van der Waals surface area contributed by atoms with Gasteiger partial charge in [-0.2, -0.15) is 0 Å². The van der Waals surface area contributed by atoms with E-state index in [1.807, 2.05) is 37.3 Å². The fourth-order valence-electron chi connectivity index (χ4n) is 1.40. The van der Waals surface area contributed by atoms with E-state index in [-0.39, 0.29) is 5.96 Å². The van der Waals surface area contributed by atoms with Crippen LogP contribution in [0.15, 0.2) is 35.5 Å². The molecule has 0 bridgehead atoms. The maximum Gasteiger partial charge on any atom is 0.227 e. The van der Waals surface area contributed by atoms with Gasteiger partial charge in [0.15, 0.2) is 0 Å². The van der Waals surface area contributed by atoms with Gasteiger partial charge in [0.05, 0.1) is 0 Å². The third-order valence-electron chi connectivity index (χ3n) is 2.12. The second kappa shape index (κ2) is 6.01. The molecule has 0 aliphatic rings. The summed E-state index contributed by atoms with van der Waals surface area (Å²) in [4.78, 5) is 1.72. The summed E-state index contributed by atoms with van der Waals surface area (Å²) in [6, 6.07) is 9.80. The monoisotopic (exact) mass is 209 g/mol. The Morgan fingerprint density at radius 2 is 2.07 bits per heavy atom. The van der Waals surface area contributed by atoms with Crippen molar-refractivity contribution in [1.29, 1.82) is 0 Å². The lowest BCUT2D eigenvalue weighted by atomic mass is 10.2. The van der Waals surface area contributed by atoms with Crippen LogP contribution in [0.5, 0.6) is 0 Å². The topological polar surface area (TPSA) is 41.6 Å². The minimum atomic E-state index is -0.0549. The first kappa shape index (κ1) is 11.5. The summed E-state index contributed by atoms with van der Waals surface area (Å²) in [5, 5.41) is 2.52. The van der Waals surface area contributed by atoms with Crippen molar-refractivity contribution in [3.8, 4) is 0 Å². The van der Waals surface area contributed by atoms with E-state index >= 15 is 0 Å². The zero-order valence-electron chi connectivity index (χ0n) is 8.86. The van der Waals surface area contributed by atoms with E-state index in [0.29, 0.717) is 13.1 Å². The predicted octanol–water partition coefficient (Wildman–Crippen LogP) is 2.10. The molecule has 82 valence electrons. The molecule has 0 radical (unpaired) electrons. The number of hydrogen-bond acceptors (Lipinski definition) is 1. The van der Waals surface area contributed by atoms with E-state index in [1.165, 1.54) is 0 Å². The van der Waals surface area contributed by atoms with Crippen LogP contribution in [0.1, 0.15) is 18.9 Å². The van der Waals surface area contributed by atoms with Crippen LogP contribution in [0, 0.1) is 0 Å². The fourth-order valence-corrected chi connectivity index (χ4v) is 1.40. The molecule has 0 heterocycles. The van der Waals surface area contributed by atoms with Crippen LogP contribution < -0.4 is 5.73 Å². The molecule has 0 spiro atoms. The molecule has 2 N–H and O–H groups in total. The average molecular weight is 209 g/mol. The molecule has 15 heavy (non-hydrogen) atoms. The summed E-state index contributed by atoms with van der Waals surface area (Å²) in [5.41, 5.74) is 6.55. The maximum atomic E-state index is 12.1. The Bertz CT molecular complexity index is 311. The molecule has 0 saturated heterocycles. The number of halogens is 1. The highest BCUT2D eigenvalue weighted by Gasteiger charge is 2.07. The molecule has 0 fully saturated rings. The standard InChI is InChI=1S/C11H16FN3/c1-2-8-15(11(13)14-12)9-10-6-4-3-5-7-10/h3-7H,2,8-9H2,1H3,(H2,13,14). The van der Waals surface area contributed by atoms with Crippen molar-refractivity contribution < 1.29 is 4.48 Å². The molecule has 3 nitrogen and oxygen atoms in total. The van der Waals surface area contributed by atoms with Crippen LogP contribution >= 0.6 is 0 Å². The van der Waals surface area contributed by atoms with Gasteiger partial charge in [-0.25, -0.2) is 0 Å². The first-order chi connectivity index (χ1) is 7.27. The first-order valence-electron chi connectivity index (χ1n) is 5.01. The molecule has 0 aliphatic heterocycles. The van der Waals surface area contributed by atoms with Gasteiger partial charge in [-0.1, -0.05) is 47.0 Å². The predicted molar refractivity (Wildman–Crippen MR) is 59.9 cm³/mol. The van der Waals surface area contributed by atoms with Crippen LogP contribution in [-0.4, -0.2) is 17.4 Å². The van der Waals surface area contributed by atoms with E-state index in [2.05, 4.69) is 5.21 Å². The number of guanidine groups is 1. The highest BCUT2D eigenvalue weighted by atomic mass is 19.2. The summed E-state index contributed by atoms with van der Waals surface area (Å²) >= 11 is 0. The average Bonchev–Trinajstić information content (AvgIpc) is 2.29. The zero-order chi connectivity index (χ0) is 11.1. The molecule has 0 amide bonds. The van der Waals surface area contributed by atoms with Crippen molar-refractivity contribution in [1.82, 2.24) is 4.90 Å². The molecular weight excluding hydrogens is 193 g/mol. The lowest BCUT2D eigenvalue weighted by Gasteiger charge is -2.21. The van der Waals surface area contributed by atoms with Gasteiger partial charge in [0.25, 0.3) is 0 Å². The van der Waals surface area contributed by atoms with Crippen molar-refractivity contribution in [3.63, 3.8) is 0 Å². The molecule has 1 aromatic carbocycles. The quantitative estimate of drug-likeness (QED) is 0.609. The van der Waals surface area contributed by atoms with Crippen LogP contribution in [0.25, 0.3) is 0 Å². The van der Waals surface area contributed by atoms with Crippen LogP contribution in [0.3, 0.4) is 0 Å². The van der Waals surface area contributed by atoms with Gasteiger partial charge >= 0.3 is 0 Å². The number of nitrogens with two attached hydrogens (primary N) is 1. The van der Waals surface area contributed by atoms with Crippen LogP contribution in [0.2, 0.25) is 0 Å². The third-order valence-corrected chi connectivity index (χ3v) is 2.12. The summed E-state index contributed by atoms with van der Waals surface area (Å²) < 4.78 is 12.1.